The summed E-state index contributed by atoms with van der Waals surface area (Å²) in [5.74, 6) is 0.338. The summed E-state index contributed by atoms with van der Waals surface area (Å²) in [7, 11) is 0. The fraction of sp³-hybridized carbons (Fsp3) is 0.412. The van der Waals surface area contributed by atoms with E-state index in [-0.39, 0.29) is 0 Å². The van der Waals surface area contributed by atoms with Crippen molar-refractivity contribution in [3.8, 4) is 5.75 Å². The lowest BCUT2D eigenvalue weighted by atomic mass is 10.1. The average molecular weight is 289 g/mol. The number of rotatable bonds is 7. The fourth-order valence-electron chi connectivity index (χ4n) is 2.25. The molecular formula is C17H23NOS. The number of benzene rings is 1. The molecule has 0 bridgehead atoms. The maximum absolute atomic E-state index is 9.26. The summed E-state index contributed by atoms with van der Waals surface area (Å²) in [5.41, 5.74) is 2.75. The molecule has 0 aliphatic rings. The standard InChI is InChI=1S/C17H23NOS/c1-3-15-10-11-20-17(15)12-18-13(2)4-5-14-6-8-16(19)9-7-14/h6-11,13,18-19H,3-5,12H2,1-2H3. The molecule has 2 aromatic rings. The first-order valence-electron chi connectivity index (χ1n) is 7.25. The van der Waals surface area contributed by atoms with Crippen molar-refractivity contribution in [3.05, 3.63) is 51.7 Å². The van der Waals surface area contributed by atoms with Gasteiger partial charge in [-0.1, -0.05) is 19.1 Å². The summed E-state index contributed by atoms with van der Waals surface area (Å²) in [5, 5.41) is 15.0. The number of hydrogen-bond donors (Lipinski definition) is 2. The van der Waals surface area contributed by atoms with E-state index in [0.717, 1.165) is 25.8 Å². The first-order chi connectivity index (χ1) is 9.69. The van der Waals surface area contributed by atoms with Gasteiger partial charge >= 0.3 is 0 Å². The van der Waals surface area contributed by atoms with Crippen LogP contribution >= 0.6 is 11.3 Å². The Morgan fingerprint density at radius 3 is 2.65 bits per heavy atom. The molecule has 0 saturated carbocycles. The van der Waals surface area contributed by atoms with Crippen molar-refractivity contribution in [2.75, 3.05) is 0 Å². The molecule has 3 heteroatoms. The molecule has 0 fully saturated rings. The van der Waals surface area contributed by atoms with Crippen LogP contribution in [0.1, 0.15) is 36.3 Å². The van der Waals surface area contributed by atoms with E-state index in [1.807, 2.05) is 23.5 Å². The third-order valence-electron chi connectivity index (χ3n) is 3.63. The number of hydrogen-bond acceptors (Lipinski definition) is 3. The quantitative estimate of drug-likeness (QED) is 0.803. The Bertz CT molecular complexity index is 518. The second-order valence-corrected chi connectivity index (χ2v) is 6.21. The number of nitrogens with one attached hydrogen (secondary N) is 1. The van der Waals surface area contributed by atoms with Gasteiger partial charge in [-0.2, -0.15) is 0 Å². The van der Waals surface area contributed by atoms with Crippen LogP contribution in [-0.2, 0) is 19.4 Å². The molecule has 2 rings (SSSR count). The van der Waals surface area contributed by atoms with Crippen molar-refractivity contribution < 1.29 is 5.11 Å². The van der Waals surface area contributed by atoms with Gasteiger partial charge in [0.25, 0.3) is 0 Å². The molecule has 20 heavy (non-hydrogen) atoms. The van der Waals surface area contributed by atoms with Crippen LogP contribution in [-0.4, -0.2) is 11.1 Å². The highest BCUT2D eigenvalue weighted by Gasteiger charge is 2.06. The first kappa shape index (κ1) is 15.1. The normalized spacial score (nSPS) is 12.5. The van der Waals surface area contributed by atoms with E-state index < -0.39 is 0 Å². The van der Waals surface area contributed by atoms with Gasteiger partial charge in [-0.15, -0.1) is 11.3 Å². The van der Waals surface area contributed by atoms with Gasteiger partial charge in [0.05, 0.1) is 0 Å². The van der Waals surface area contributed by atoms with Gasteiger partial charge < -0.3 is 10.4 Å². The largest absolute Gasteiger partial charge is 0.508 e. The minimum absolute atomic E-state index is 0.338. The summed E-state index contributed by atoms with van der Waals surface area (Å²) < 4.78 is 0. The number of phenolic OH excluding ortho intramolecular Hbond substituents is 1. The van der Waals surface area contributed by atoms with Crippen molar-refractivity contribution >= 4 is 11.3 Å². The zero-order valence-electron chi connectivity index (χ0n) is 12.2. The molecule has 1 unspecified atom stereocenters. The lowest BCUT2D eigenvalue weighted by Crippen LogP contribution is -2.25. The second-order valence-electron chi connectivity index (χ2n) is 5.21. The molecule has 0 aliphatic carbocycles. The van der Waals surface area contributed by atoms with Crippen molar-refractivity contribution in [1.82, 2.24) is 5.32 Å². The maximum Gasteiger partial charge on any atom is 0.115 e. The molecule has 0 spiro atoms. The highest BCUT2D eigenvalue weighted by atomic mass is 32.1. The highest BCUT2D eigenvalue weighted by Crippen LogP contribution is 2.17. The second kappa shape index (κ2) is 7.46. The van der Waals surface area contributed by atoms with Gasteiger partial charge in [0.1, 0.15) is 5.75 Å². The van der Waals surface area contributed by atoms with Crippen molar-refractivity contribution in [2.45, 2.75) is 45.7 Å². The summed E-state index contributed by atoms with van der Waals surface area (Å²) in [6.07, 6.45) is 3.26. The fourth-order valence-corrected chi connectivity index (χ4v) is 3.18. The van der Waals surface area contributed by atoms with Crippen LogP contribution in [0.15, 0.2) is 35.7 Å². The third kappa shape index (κ3) is 4.36. The van der Waals surface area contributed by atoms with Crippen molar-refractivity contribution in [2.24, 2.45) is 0 Å². The van der Waals surface area contributed by atoms with E-state index in [1.54, 1.807) is 12.1 Å². The van der Waals surface area contributed by atoms with Gasteiger partial charge in [-0.25, -0.2) is 0 Å². The van der Waals surface area contributed by atoms with Gasteiger partial charge in [-0.3, -0.25) is 0 Å². The van der Waals surface area contributed by atoms with Crippen LogP contribution < -0.4 is 5.32 Å². The Kier molecular flexibility index (Phi) is 5.62. The summed E-state index contributed by atoms with van der Waals surface area (Å²) in [6, 6.07) is 10.2. The zero-order chi connectivity index (χ0) is 14.4. The van der Waals surface area contributed by atoms with Crippen LogP contribution in [0.3, 0.4) is 0 Å². The summed E-state index contributed by atoms with van der Waals surface area (Å²) >= 11 is 1.84. The van der Waals surface area contributed by atoms with Crippen LogP contribution in [0.5, 0.6) is 5.75 Å². The van der Waals surface area contributed by atoms with Crippen molar-refractivity contribution in [1.29, 1.82) is 0 Å². The monoisotopic (exact) mass is 289 g/mol. The lowest BCUT2D eigenvalue weighted by Gasteiger charge is -2.14. The molecule has 1 heterocycles. The van der Waals surface area contributed by atoms with Gasteiger partial charge in [0.2, 0.25) is 0 Å². The molecule has 0 aliphatic heterocycles. The van der Waals surface area contributed by atoms with E-state index in [2.05, 4.69) is 30.6 Å². The molecule has 2 N–H and O–H groups in total. The Hall–Kier alpha value is -1.32. The molecular weight excluding hydrogens is 266 g/mol. The predicted octanol–water partition coefficient (Wildman–Crippen LogP) is 4.13. The highest BCUT2D eigenvalue weighted by molar-refractivity contribution is 7.10. The Morgan fingerprint density at radius 2 is 1.95 bits per heavy atom. The van der Waals surface area contributed by atoms with Gasteiger partial charge in [0.15, 0.2) is 0 Å². The molecule has 1 atom stereocenters. The summed E-state index contributed by atoms with van der Waals surface area (Å²) in [4.78, 5) is 1.46. The molecule has 1 aromatic heterocycles. The smallest absolute Gasteiger partial charge is 0.115 e. The predicted molar refractivity (Wildman–Crippen MR) is 86.4 cm³/mol. The Morgan fingerprint density at radius 1 is 1.20 bits per heavy atom. The Balaban J connectivity index is 1.75. The van der Waals surface area contributed by atoms with Crippen LogP contribution in [0.25, 0.3) is 0 Å². The van der Waals surface area contributed by atoms with Gasteiger partial charge in [-0.05, 0) is 60.9 Å². The van der Waals surface area contributed by atoms with E-state index in [0.29, 0.717) is 11.8 Å². The third-order valence-corrected chi connectivity index (χ3v) is 4.60. The van der Waals surface area contributed by atoms with E-state index in [9.17, 15) is 5.11 Å². The van der Waals surface area contributed by atoms with Gasteiger partial charge in [0, 0.05) is 17.5 Å². The maximum atomic E-state index is 9.26. The molecule has 1 aromatic carbocycles. The SMILES string of the molecule is CCc1ccsc1CNC(C)CCc1ccc(O)cc1. The first-order valence-corrected chi connectivity index (χ1v) is 8.13. The van der Waals surface area contributed by atoms with Crippen LogP contribution in [0.4, 0.5) is 0 Å². The lowest BCUT2D eigenvalue weighted by molar-refractivity contribution is 0.474. The molecule has 0 amide bonds. The van der Waals surface area contributed by atoms with Crippen LogP contribution in [0.2, 0.25) is 0 Å². The number of phenols is 1. The zero-order valence-corrected chi connectivity index (χ0v) is 13.0. The number of aryl methyl sites for hydroxylation is 2. The van der Waals surface area contributed by atoms with E-state index >= 15 is 0 Å². The van der Waals surface area contributed by atoms with Crippen molar-refractivity contribution in [3.63, 3.8) is 0 Å². The number of thiophene rings is 1. The average Bonchev–Trinajstić information content (AvgIpc) is 2.92. The van der Waals surface area contributed by atoms with E-state index in [4.69, 9.17) is 0 Å². The topological polar surface area (TPSA) is 32.3 Å². The molecule has 108 valence electrons. The minimum atomic E-state index is 0.338. The van der Waals surface area contributed by atoms with Crippen LogP contribution in [0, 0.1) is 0 Å². The molecule has 0 radical (unpaired) electrons. The molecule has 2 nitrogen and oxygen atoms in total. The minimum Gasteiger partial charge on any atom is -0.508 e. The van der Waals surface area contributed by atoms with E-state index in [1.165, 1.54) is 16.0 Å². The Labute approximate surface area is 125 Å². The number of aromatic hydroxyl groups is 1. The summed E-state index contributed by atoms with van der Waals surface area (Å²) in [6.45, 7) is 5.41. The molecule has 0 saturated heterocycles.